The fraction of sp³-hybridized carbons (Fsp3) is 0.375. The minimum Gasteiger partial charge on any atom is -0.399 e. The number of nitrogens with two attached hydrogens (primary N) is 1. The zero-order chi connectivity index (χ0) is 14.8. The summed E-state index contributed by atoms with van der Waals surface area (Å²) >= 11 is 0. The first-order chi connectivity index (χ1) is 10.2. The summed E-state index contributed by atoms with van der Waals surface area (Å²) in [6.45, 7) is 3.11. The van der Waals surface area contributed by atoms with Crippen molar-refractivity contribution in [2.75, 3.05) is 12.3 Å². The summed E-state index contributed by atoms with van der Waals surface area (Å²) in [5.74, 6) is 0.145. The van der Waals surface area contributed by atoms with E-state index in [-0.39, 0.29) is 5.91 Å². The monoisotopic (exact) mass is 284 g/mol. The molecule has 21 heavy (non-hydrogen) atoms. The molecule has 0 saturated heterocycles. The van der Waals surface area contributed by atoms with Crippen molar-refractivity contribution in [2.45, 2.75) is 32.4 Å². The molecule has 0 spiro atoms. The number of carbonyl (C=O) groups is 1. The zero-order valence-corrected chi connectivity index (χ0v) is 12.2. The number of nitrogen functional groups attached to an aromatic ring is 1. The van der Waals surface area contributed by atoms with Crippen molar-refractivity contribution in [3.63, 3.8) is 0 Å². The molecule has 110 valence electrons. The van der Waals surface area contributed by atoms with Gasteiger partial charge in [-0.15, -0.1) is 0 Å². The third kappa shape index (κ3) is 3.07. The van der Waals surface area contributed by atoms with E-state index < -0.39 is 0 Å². The first-order valence-corrected chi connectivity index (χ1v) is 7.35. The molecular formula is C16H20N4O. The SMILES string of the molecule is CCN(C(=O)Cn1cc(-c2ccc(N)cc2)cn1)C1CC1. The molecule has 1 aliphatic carbocycles. The summed E-state index contributed by atoms with van der Waals surface area (Å²) in [5.41, 5.74) is 8.48. The van der Waals surface area contributed by atoms with E-state index in [0.717, 1.165) is 36.2 Å². The Morgan fingerprint density at radius 1 is 1.33 bits per heavy atom. The highest BCUT2D eigenvalue weighted by molar-refractivity contribution is 5.76. The molecule has 1 aliphatic rings. The van der Waals surface area contributed by atoms with Crippen LogP contribution in [0.1, 0.15) is 19.8 Å². The molecule has 5 nitrogen and oxygen atoms in total. The van der Waals surface area contributed by atoms with Crippen molar-refractivity contribution in [2.24, 2.45) is 0 Å². The van der Waals surface area contributed by atoms with Crippen molar-refractivity contribution in [1.29, 1.82) is 0 Å². The molecule has 5 heteroatoms. The number of likely N-dealkylation sites (N-methyl/N-ethyl adjacent to an activating group) is 1. The second-order valence-corrected chi connectivity index (χ2v) is 5.46. The van der Waals surface area contributed by atoms with Gasteiger partial charge < -0.3 is 10.6 Å². The van der Waals surface area contributed by atoms with Gasteiger partial charge in [-0.25, -0.2) is 0 Å². The Morgan fingerprint density at radius 3 is 2.67 bits per heavy atom. The van der Waals surface area contributed by atoms with Gasteiger partial charge in [0.05, 0.1) is 6.20 Å². The number of amides is 1. The van der Waals surface area contributed by atoms with Crippen molar-refractivity contribution in [3.8, 4) is 11.1 Å². The molecule has 0 atom stereocenters. The third-order valence-electron chi connectivity index (χ3n) is 3.82. The van der Waals surface area contributed by atoms with Gasteiger partial charge >= 0.3 is 0 Å². The van der Waals surface area contributed by atoms with E-state index in [4.69, 9.17) is 5.73 Å². The van der Waals surface area contributed by atoms with Gasteiger partial charge in [-0.1, -0.05) is 12.1 Å². The molecule has 0 aliphatic heterocycles. The van der Waals surface area contributed by atoms with Crippen LogP contribution in [0.4, 0.5) is 5.69 Å². The maximum absolute atomic E-state index is 12.3. The second kappa shape index (κ2) is 5.60. The number of hydrogen-bond acceptors (Lipinski definition) is 3. The average Bonchev–Trinajstić information content (AvgIpc) is 3.20. The van der Waals surface area contributed by atoms with Gasteiger partial charge in [-0.2, -0.15) is 5.10 Å². The topological polar surface area (TPSA) is 64.2 Å². The fourth-order valence-electron chi connectivity index (χ4n) is 2.53. The first kappa shape index (κ1) is 13.7. The zero-order valence-electron chi connectivity index (χ0n) is 12.2. The highest BCUT2D eigenvalue weighted by Crippen LogP contribution is 2.27. The van der Waals surface area contributed by atoms with Crippen molar-refractivity contribution < 1.29 is 4.79 Å². The molecule has 1 amide bonds. The Kier molecular flexibility index (Phi) is 3.64. The van der Waals surface area contributed by atoms with Gasteiger partial charge in [-0.3, -0.25) is 9.48 Å². The van der Waals surface area contributed by atoms with Crippen LogP contribution in [-0.4, -0.2) is 33.2 Å². The van der Waals surface area contributed by atoms with Crippen LogP contribution in [0.5, 0.6) is 0 Å². The first-order valence-electron chi connectivity index (χ1n) is 7.35. The number of aromatic nitrogens is 2. The minimum atomic E-state index is 0.145. The van der Waals surface area contributed by atoms with E-state index in [1.54, 1.807) is 10.9 Å². The second-order valence-electron chi connectivity index (χ2n) is 5.46. The normalized spacial score (nSPS) is 14.1. The van der Waals surface area contributed by atoms with E-state index in [9.17, 15) is 4.79 Å². The van der Waals surface area contributed by atoms with Gasteiger partial charge in [-0.05, 0) is 37.5 Å². The Morgan fingerprint density at radius 2 is 2.05 bits per heavy atom. The molecule has 1 saturated carbocycles. The van der Waals surface area contributed by atoms with Crippen LogP contribution in [0.15, 0.2) is 36.7 Å². The van der Waals surface area contributed by atoms with Crippen molar-refractivity contribution in [3.05, 3.63) is 36.7 Å². The van der Waals surface area contributed by atoms with Crippen LogP contribution in [0, 0.1) is 0 Å². The fourth-order valence-corrected chi connectivity index (χ4v) is 2.53. The summed E-state index contributed by atoms with van der Waals surface area (Å²) in [7, 11) is 0. The molecule has 2 aromatic rings. The lowest BCUT2D eigenvalue weighted by molar-refractivity contribution is -0.132. The number of carbonyl (C=O) groups excluding carboxylic acids is 1. The molecular weight excluding hydrogens is 264 g/mol. The van der Waals surface area contributed by atoms with Crippen LogP contribution in [0.2, 0.25) is 0 Å². The largest absolute Gasteiger partial charge is 0.399 e. The molecule has 1 aromatic carbocycles. The van der Waals surface area contributed by atoms with Gasteiger partial charge in [0.1, 0.15) is 6.54 Å². The van der Waals surface area contributed by atoms with Gasteiger partial charge in [0.25, 0.3) is 0 Å². The molecule has 0 bridgehead atoms. The van der Waals surface area contributed by atoms with Crippen LogP contribution in [0.25, 0.3) is 11.1 Å². The number of rotatable bonds is 5. The number of benzene rings is 1. The lowest BCUT2D eigenvalue weighted by Crippen LogP contribution is -2.35. The molecule has 3 rings (SSSR count). The van der Waals surface area contributed by atoms with Crippen LogP contribution in [0.3, 0.4) is 0 Å². The highest BCUT2D eigenvalue weighted by atomic mass is 16.2. The average molecular weight is 284 g/mol. The van der Waals surface area contributed by atoms with E-state index in [1.165, 1.54) is 0 Å². The quantitative estimate of drug-likeness (QED) is 0.856. The number of anilines is 1. The predicted octanol–water partition coefficient (Wildman–Crippen LogP) is 2.14. The molecule has 1 heterocycles. The standard InChI is InChI=1S/C16H20N4O/c1-2-20(15-7-8-15)16(21)11-19-10-13(9-18-19)12-3-5-14(17)6-4-12/h3-6,9-10,15H,2,7-8,11,17H2,1H3. The Hall–Kier alpha value is -2.30. The molecule has 1 aromatic heterocycles. The van der Waals surface area contributed by atoms with Crippen LogP contribution < -0.4 is 5.73 Å². The lowest BCUT2D eigenvalue weighted by atomic mass is 10.1. The molecule has 0 radical (unpaired) electrons. The van der Waals surface area contributed by atoms with E-state index >= 15 is 0 Å². The summed E-state index contributed by atoms with van der Waals surface area (Å²) in [5, 5.41) is 4.29. The number of hydrogen-bond donors (Lipinski definition) is 1. The Labute approximate surface area is 124 Å². The van der Waals surface area contributed by atoms with Crippen LogP contribution >= 0.6 is 0 Å². The molecule has 0 unspecified atom stereocenters. The van der Waals surface area contributed by atoms with E-state index in [2.05, 4.69) is 5.10 Å². The van der Waals surface area contributed by atoms with Crippen LogP contribution in [-0.2, 0) is 11.3 Å². The minimum absolute atomic E-state index is 0.145. The molecule has 1 fully saturated rings. The maximum atomic E-state index is 12.3. The predicted molar refractivity (Wildman–Crippen MR) is 82.5 cm³/mol. The lowest BCUT2D eigenvalue weighted by Gasteiger charge is -2.20. The Bertz CT molecular complexity index is 628. The summed E-state index contributed by atoms with van der Waals surface area (Å²) in [4.78, 5) is 14.2. The number of nitrogens with zero attached hydrogens (tertiary/aromatic N) is 3. The molecule has 2 N–H and O–H groups in total. The van der Waals surface area contributed by atoms with Gasteiger partial charge in [0.2, 0.25) is 5.91 Å². The summed E-state index contributed by atoms with van der Waals surface area (Å²) in [6, 6.07) is 8.10. The smallest absolute Gasteiger partial charge is 0.244 e. The third-order valence-corrected chi connectivity index (χ3v) is 3.82. The van der Waals surface area contributed by atoms with E-state index in [0.29, 0.717) is 12.6 Å². The van der Waals surface area contributed by atoms with Crippen molar-refractivity contribution in [1.82, 2.24) is 14.7 Å². The summed E-state index contributed by atoms with van der Waals surface area (Å²) < 4.78 is 1.71. The maximum Gasteiger partial charge on any atom is 0.244 e. The summed E-state index contributed by atoms with van der Waals surface area (Å²) in [6.07, 6.45) is 5.96. The van der Waals surface area contributed by atoms with E-state index in [1.807, 2.05) is 42.3 Å². The van der Waals surface area contributed by atoms with Gasteiger partial charge in [0, 0.05) is 30.0 Å². The Balaban J connectivity index is 1.70. The van der Waals surface area contributed by atoms with Gasteiger partial charge in [0.15, 0.2) is 0 Å². The van der Waals surface area contributed by atoms with Crippen molar-refractivity contribution >= 4 is 11.6 Å². The highest BCUT2D eigenvalue weighted by Gasteiger charge is 2.31.